The van der Waals surface area contributed by atoms with Crippen molar-refractivity contribution >= 4 is 47.3 Å². The number of carbonyl (C=O) groups is 5. The molecule has 254 valence electrons. The Morgan fingerprint density at radius 1 is 0.740 bits per heavy atom. The van der Waals surface area contributed by atoms with Gasteiger partial charge in [0.2, 0.25) is 36.0 Å². The van der Waals surface area contributed by atoms with Gasteiger partial charge in [-0.25, -0.2) is 4.99 Å². The van der Waals surface area contributed by atoms with E-state index in [1.807, 2.05) is 60.7 Å². The van der Waals surface area contributed by atoms with Crippen LogP contribution in [0.3, 0.4) is 0 Å². The van der Waals surface area contributed by atoms with Gasteiger partial charge in [-0.2, -0.15) is 0 Å². The molecule has 50 heavy (non-hydrogen) atoms. The number of carbonyl (C=O) groups excluding carboxylic acids is 5. The number of hydrazone groups is 1. The van der Waals surface area contributed by atoms with Crippen LogP contribution in [0, 0.1) is 0 Å². The van der Waals surface area contributed by atoms with Gasteiger partial charge in [0.1, 0.15) is 12.1 Å². The normalized spacial score (nSPS) is 21.1. The first kappa shape index (κ1) is 32.6. The molecule has 4 aliphatic heterocycles. The average molecular weight is 673 g/mol. The molecule has 12 heteroatoms. The van der Waals surface area contributed by atoms with Crippen LogP contribution < -0.4 is 10.7 Å². The average Bonchev–Trinajstić information content (AvgIpc) is 3.89. The van der Waals surface area contributed by atoms with E-state index in [1.54, 1.807) is 52.7 Å². The number of nitrogens with one attached hydrogen (secondary N) is 2. The number of amides is 5. The molecule has 5 amide bonds. The molecule has 12 nitrogen and oxygen atoms in total. The summed E-state index contributed by atoms with van der Waals surface area (Å²) >= 11 is 0. The molecule has 0 bridgehead atoms. The first-order valence-electron chi connectivity index (χ1n) is 16.9. The summed E-state index contributed by atoms with van der Waals surface area (Å²) in [4.78, 5) is 75.1. The van der Waals surface area contributed by atoms with Crippen LogP contribution in [-0.4, -0.2) is 86.1 Å². The second-order valence-corrected chi connectivity index (χ2v) is 12.8. The van der Waals surface area contributed by atoms with Crippen LogP contribution in [0.1, 0.15) is 48.4 Å². The molecule has 4 aliphatic rings. The number of benzene rings is 3. The number of amidine groups is 1. The highest BCUT2D eigenvalue weighted by Crippen LogP contribution is 2.29. The number of hydrazine groups is 1. The van der Waals surface area contributed by atoms with E-state index in [1.165, 1.54) is 9.58 Å². The topological polar surface area (TPSA) is 134 Å². The van der Waals surface area contributed by atoms with Crippen molar-refractivity contribution in [3.8, 4) is 0 Å². The number of nitrogens with zero attached hydrogens (tertiary/aromatic N) is 5. The van der Waals surface area contributed by atoms with Gasteiger partial charge in [-0.15, -0.1) is 5.43 Å². The van der Waals surface area contributed by atoms with Crippen LogP contribution in [0.25, 0.3) is 0 Å². The van der Waals surface area contributed by atoms with E-state index in [4.69, 9.17) is 0 Å². The third kappa shape index (κ3) is 6.95. The van der Waals surface area contributed by atoms with Crippen molar-refractivity contribution in [1.82, 2.24) is 20.1 Å². The first-order chi connectivity index (χ1) is 24.3. The molecule has 0 saturated carbocycles. The summed E-state index contributed by atoms with van der Waals surface area (Å²) in [5, 5.41) is 2.93. The summed E-state index contributed by atoms with van der Waals surface area (Å²) in [6.45, 7) is 1.07. The number of hydrogen-bond donors (Lipinski definition) is 2. The van der Waals surface area contributed by atoms with Crippen LogP contribution in [0.5, 0.6) is 0 Å². The predicted molar refractivity (Wildman–Crippen MR) is 185 cm³/mol. The highest BCUT2D eigenvalue weighted by atomic mass is 16.2. The molecule has 3 aromatic rings. The Kier molecular flexibility index (Phi) is 9.32. The minimum absolute atomic E-state index is 0.0713. The van der Waals surface area contributed by atoms with Crippen molar-refractivity contribution in [3.05, 3.63) is 114 Å². The van der Waals surface area contributed by atoms with Gasteiger partial charge in [0, 0.05) is 18.8 Å². The fraction of sp³-hybridized carbons (Fsp3) is 0.289. The Hall–Kier alpha value is -5.91. The highest BCUT2D eigenvalue weighted by Gasteiger charge is 2.40. The maximum Gasteiger partial charge on any atom is 0.297 e. The maximum atomic E-state index is 13.3. The van der Waals surface area contributed by atoms with Gasteiger partial charge in [0.15, 0.2) is 6.04 Å². The number of fused-ring (bicyclic) bond motifs is 1. The van der Waals surface area contributed by atoms with Crippen LogP contribution in [0.15, 0.2) is 102 Å². The lowest BCUT2D eigenvalue weighted by atomic mass is 10.1. The van der Waals surface area contributed by atoms with Crippen molar-refractivity contribution in [2.24, 2.45) is 4.99 Å². The number of likely N-dealkylation sites (tertiary alicyclic amines) is 2. The molecule has 7 rings (SSSR count). The summed E-state index contributed by atoms with van der Waals surface area (Å²) in [5.41, 5.74) is 5.85. The van der Waals surface area contributed by atoms with Crippen LogP contribution in [-0.2, 0) is 36.8 Å². The molecule has 3 aromatic carbocycles. The van der Waals surface area contributed by atoms with Gasteiger partial charge in [-0.05, 0) is 54.5 Å². The first-order valence-corrected chi connectivity index (χ1v) is 16.9. The zero-order valence-electron chi connectivity index (χ0n) is 27.5. The Labute approximate surface area is 289 Å². The smallest absolute Gasteiger partial charge is 0.297 e. The molecule has 2 N–H and O–H groups in total. The fourth-order valence-electron chi connectivity index (χ4n) is 6.93. The Morgan fingerprint density at radius 3 is 1.88 bits per heavy atom. The molecule has 4 heterocycles. The van der Waals surface area contributed by atoms with E-state index in [2.05, 4.69) is 15.7 Å². The lowest BCUT2D eigenvalue weighted by molar-refractivity contribution is -0.504. The number of anilines is 1. The molecular formula is C38H38N7O5+. The van der Waals surface area contributed by atoms with Gasteiger partial charge in [0.25, 0.3) is 11.8 Å². The van der Waals surface area contributed by atoms with Crippen LogP contribution >= 0.6 is 0 Å². The largest absolute Gasteiger partial charge is 0.330 e. The Balaban J connectivity index is 0.960. The quantitative estimate of drug-likeness (QED) is 0.337. The Morgan fingerprint density at radius 2 is 1.30 bits per heavy atom. The summed E-state index contributed by atoms with van der Waals surface area (Å²) in [7, 11) is 0. The van der Waals surface area contributed by atoms with E-state index in [0.29, 0.717) is 43.0 Å². The summed E-state index contributed by atoms with van der Waals surface area (Å²) in [6, 6.07) is 24.0. The molecule has 0 aliphatic carbocycles. The molecule has 0 aromatic heterocycles. The molecule has 2 fully saturated rings. The van der Waals surface area contributed by atoms with Crippen molar-refractivity contribution in [1.29, 1.82) is 0 Å². The lowest BCUT2D eigenvalue weighted by Crippen LogP contribution is -2.49. The lowest BCUT2D eigenvalue weighted by Gasteiger charge is -2.24. The van der Waals surface area contributed by atoms with Gasteiger partial charge >= 0.3 is 0 Å². The maximum absolute atomic E-state index is 13.3. The molecule has 3 atom stereocenters. The SMILES string of the molecule is O=C(Nc1ccc(C2N=C3C=[N+](NC(=O)[C@@H]4CCCN4C(=O)Cc4ccccc4)C=CN3C2=O)cc1)[C@@H]1CCCN1C(=O)Cc1ccccc1. The zero-order valence-corrected chi connectivity index (χ0v) is 27.5. The highest BCUT2D eigenvalue weighted by molar-refractivity contribution is 6.34. The molecular weight excluding hydrogens is 634 g/mol. The second kappa shape index (κ2) is 14.3. The van der Waals surface area contributed by atoms with E-state index < -0.39 is 18.1 Å². The van der Waals surface area contributed by atoms with Crippen molar-refractivity contribution in [2.75, 3.05) is 18.4 Å². The van der Waals surface area contributed by atoms with Crippen molar-refractivity contribution in [3.63, 3.8) is 0 Å². The van der Waals surface area contributed by atoms with E-state index in [-0.39, 0.29) is 42.4 Å². The number of rotatable bonds is 9. The van der Waals surface area contributed by atoms with Crippen molar-refractivity contribution in [2.45, 2.75) is 56.7 Å². The fourth-order valence-corrected chi connectivity index (χ4v) is 6.93. The second-order valence-electron chi connectivity index (χ2n) is 12.8. The molecule has 2 saturated heterocycles. The van der Waals surface area contributed by atoms with Gasteiger partial charge in [-0.1, -0.05) is 77.5 Å². The van der Waals surface area contributed by atoms with Crippen LogP contribution in [0.4, 0.5) is 5.69 Å². The van der Waals surface area contributed by atoms with Crippen LogP contribution in [0.2, 0.25) is 0 Å². The minimum Gasteiger partial charge on any atom is -0.330 e. The Bertz CT molecular complexity index is 1890. The van der Waals surface area contributed by atoms with Gasteiger partial charge in [-0.3, -0.25) is 28.9 Å². The minimum atomic E-state index is -0.798. The monoisotopic (exact) mass is 672 g/mol. The zero-order chi connectivity index (χ0) is 34.6. The van der Waals surface area contributed by atoms with Gasteiger partial charge in [0.05, 0.1) is 19.0 Å². The summed E-state index contributed by atoms with van der Waals surface area (Å²) < 4.78 is 1.46. The molecule has 1 unspecified atom stereocenters. The summed E-state index contributed by atoms with van der Waals surface area (Å²) in [6.07, 6.45) is 7.84. The standard InChI is InChI=1S/C38H37N7O5/c46-33(23-26-9-3-1-4-10-26)43-19-7-13-30(43)36(48)39-29-17-15-28(16-18-29)35-38(50)45-22-21-42(25-32(45)40-35)41-37(49)31-14-8-20-44(31)34(47)24-27-11-5-2-6-12-27/h1-6,9-12,15-18,21-22,25,30-31,35H,7-8,13-14,19-20,23-24H2,(H-,39,40,41,48,49)/p+1/t30-,31-,35?/m0/s1. The third-order valence-corrected chi connectivity index (χ3v) is 9.49. The third-order valence-electron chi connectivity index (χ3n) is 9.49. The van der Waals surface area contributed by atoms with E-state index in [9.17, 15) is 24.0 Å². The molecule has 0 radical (unpaired) electrons. The summed E-state index contributed by atoms with van der Waals surface area (Å²) in [5.74, 6) is -0.593. The number of hydrogen-bond acceptors (Lipinski definition) is 6. The van der Waals surface area contributed by atoms with Gasteiger partial charge < -0.3 is 15.1 Å². The molecule has 0 spiro atoms. The van der Waals surface area contributed by atoms with E-state index >= 15 is 0 Å². The van der Waals surface area contributed by atoms with E-state index in [0.717, 1.165) is 24.0 Å². The predicted octanol–water partition coefficient (Wildman–Crippen LogP) is 2.97. The van der Waals surface area contributed by atoms with Crippen molar-refractivity contribution < 1.29 is 28.7 Å². The number of aliphatic imine (C=N–C) groups is 1.